The van der Waals surface area contributed by atoms with Gasteiger partial charge in [0, 0.05) is 22.7 Å². The number of rotatable bonds is 5. The van der Waals surface area contributed by atoms with E-state index in [1.165, 1.54) is 15.3 Å². The lowest BCUT2D eigenvalue weighted by Gasteiger charge is -2.35. The molecule has 3 aromatic rings. The largest absolute Gasteiger partial charge is 0.496 e. The first-order chi connectivity index (χ1) is 13.2. The van der Waals surface area contributed by atoms with Crippen LogP contribution < -0.4 is 4.74 Å². The summed E-state index contributed by atoms with van der Waals surface area (Å²) in [6.07, 6.45) is 2.19. The van der Waals surface area contributed by atoms with Gasteiger partial charge in [0.05, 0.1) is 17.6 Å². The van der Waals surface area contributed by atoms with Crippen molar-refractivity contribution in [3.05, 3.63) is 72.5 Å². The number of thiophene rings is 2. The third kappa shape index (κ3) is 3.84. The van der Waals surface area contributed by atoms with E-state index in [-0.39, 0.29) is 11.9 Å². The molecule has 1 atom stereocenters. The van der Waals surface area contributed by atoms with Gasteiger partial charge in [0.25, 0.3) is 0 Å². The van der Waals surface area contributed by atoms with Crippen LogP contribution in [0.4, 0.5) is 0 Å². The lowest BCUT2D eigenvalue weighted by Crippen LogP contribution is -2.39. The SMILES string of the molecule is COc1ccc(CCC(=O)N2CCc3sccc3C2c2cccs2)cc1Br. The fraction of sp³-hybridized carbons (Fsp3) is 0.286. The molecule has 1 aromatic carbocycles. The Kier molecular flexibility index (Phi) is 5.66. The van der Waals surface area contributed by atoms with Crippen LogP contribution >= 0.6 is 38.6 Å². The second-order valence-corrected chi connectivity index (χ2v) is 9.36. The first kappa shape index (κ1) is 18.7. The molecule has 1 aliphatic heterocycles. The molecule has 1 unspecified atom stereocenters. The molecule has 2 aromatic heterocycles. The Labute approximate surface area is 175 Å². The summed E-state index contributed by atoms with van der Waals surface area (Å²) in [6, 6.07) is 12.5. The molecule has 27 heavy (non-hydrogen) atoms. The highest BCUT2D eigenvalue weighted by molar-refractivity contribution is 9.10. The molecular formula is C21H20BrNO2S2. The smallest absolute Gasteiger partial charge is 0.223 e. The van der Waals surface area contributed by atoms with Crippen LogP contribution in [-0.4, -0.2) is 24.5 Å². The van der Waals surface area contributed by atoms with Crippen LogP contribution in [0.3, 0.4) is 0 Å². The molecule has 3 heterocycles. The molecule has 0 fully saturated rings. The highest BCUT2D eigenvalue weighted by atomic mass is 79.9. The first-order valence-corrected chi connectivity index (χ1v) is 11.4. The summed E-state index contributed by atoms with van der Waals surface area (Å²) < 4.78 is 6.21. The van der Waals surface area contributed by atoms with Gasteiger partial charge in [0.1, 0.15) is 5.75 Å². The van der Waals surface area contributed by atoms with Crippen LogP contribution in [0.2, 0.25) is 0 Å². The number of carbonyl (C=O) groups excluding carboxylic acids is 1. The molecule has 4 rings (SSSR count). The number of halogens is 1. The first-order valence-electron chi connectivity index (χ1n) is 8.89. The lowest BCUT2D eigenvalue weighted by atomic mass is 9.97. The van der Waals surface area contributed by atoms with E-state index in [2.05, 4.69) is 49.8 Å². The van der Waals surface area contributed by atoms with Gasteiger partial charge in [0.15, 0.2) is 0 Å². The quantitative estimate of drug-likeness (QED) is 0.488. The van der Waals surface area contributed by atoms with Crippen LogP contribution in [0.5, 0.6) is 5.75 Å². The third-order valence-electron chi connectivity index (χ3n) is 4.94. The number of benzene rings is 1. The molecule has 0 radical (unpaired) electrons. The third-order valence-corrected chi connectivity index (χ3v) is 7.48. The van der Waals surface area contributed by atoms with Crippen LogP contribution in [0.15, 0.2) is 51.6 Å². The van der Waals surface area contributed by atoms with Crippen molar-refractivity contribution in [2.45, 2.75) is 25.3 Å². The molecule has 3 nitrogen and oxygen atoms in total. The van der Waals surface area contributed by atoms with E-state index in [1.807, 2.05) is 18.2 Å². The van der Waals surface area contributed by atoms with Crippen molar-refractivity contribution in [2.75, 3.05) is 13.7 Å². The zero-order valence-corrected chi connectivity index (χ0v) is 18.2. The van der Waals surface area contributed by atoms with Crippen molar-refractivity contribution in [1.29, 1.82) is 0 Å². The van der Waals surface area contributed by atoms with E-state index >= 15 is 0 Å². The van der Waals surface area contributed by atoms with Gasteiger partial charge in [-0.05, 0) is 74.9 Å². The minimum Gasteiger partial charge on any atom is -0.496 e. The van der Waals surface area contributed by atoms with E-state index in [9.17, 15) is 4.79 Å². The highest BCUT2D eigenvalue weighted by Crippen LogP contribution is 2.39. The van der Waals surface area contributed by atoms with E-state index in [0.29, 0.717) is 6.42 Å². The lowest BCUT2D eigenvalue weighted by molar-refractivity contribution is -0.133. The highest BCUT2D eigenvalue weighted by Gasteiger charge is 2.33. The fourth-order valence-corrected chi connectivity index (χ4v) is 5.95. The monoisotopic (exact) mass is 461 g/mol. The Bertz CT molecular complexity index is 936. The Morgan fingerprint density at radius 1 is 1.26 bits per heavy atom. The molecule has 0 saturated heterocycles. The molecule has 1 aliphatic rings. The molecule has 1 amide bonds. The van der Waals surface area contributed by atoms with E-state index in [1.54, 1.807) is 29.8 Å². The topological polar surface area (TPSA) is 29.5 Å². The van der Waals surface area contributed by atoms with Crippen LogP contribution in [-0.2, 0) is 17.6 Å². The van der Waals surface area contributed by atoms with Crippen molar-refractivity contribution in [3.8, 4) is 5.75 Å². The Morgan fingerprint density at radius 3 is 2.89 bits per heavy atom. The van der Waals surface area contributed by atoms with Crippen LogP contribution in [0.25, 0.3) is 0 Å². The molecule has 0 spiro atoms. The average Bonchev–Trinajstić information content (AvgIpc) is 3.37. The predicted octanol–water partition coefficient (Wildman–Crippen LogP) is 5.69. The van der Waals surface area contributed by atoms with Crippen molar-refractivity contribution in [2.24, 2.45) is 0 Å². The normalized spacial score (nSPS) is 16.2. The minimum absolute atomic E-state index is 0.0649. The fourth-order valence-electron chi connectivity index (χ4n) is 3.60. The number of fused-ring (bicyclic) bond motifs is 1. The van der Waals surface area contributed by atoms with Gasteiger partial charge >= 0.3 is 0 Å². The Balaban J connectivity index is 1.51. The van der Waals surface area contributed by atoms with Crippen molar-refractivity contribution in [1.82, 2.24) is 4.90 Å². The summed E-state index contributed by atoms with van der Waals surface area (Å²) in [5, 5.41) is 4.24. The number of aryl methyl sites for hydroxylation is 1. The van der Waals surface area contributed by atoms with Crippen LogP contribution in [0, 0.1) is 0 Å². The molecule has 0 N–H and O–H groups in total. The van der Waals surface area contributed by atoms with Gasteiger partial charge < -0.3 is 9.64 Å². The van der Waals surface area contributed by atoms with Crippen molar-refractivity contribution >= 4 is 44.5 Å². The van der Waals surface area contributed by atoms with Gasteiger partial charge in [-0.1, -0.05) is 12.1 Å². The summed E-state index contributed by atoms with van der Waals surface area (Å²) in [5.41, 5.74) is 2.44. The number of nitrogens with zero attached hydrogens (tertiary/aromatic N) is 1. The maximum Gasteiger partial charge on any atom is 0.223 e. The average molecular weight is 462 g/mol. The second kappa shape index (κ2) is 8.17. The van der Waals surface area contributed by atoms with Gasteiger partial charge in [-0.15, -0.1) is 22.7 Å². The molecule has 140 valence electrons. The maximum absolute atomic E-state index is 13.1. The predicted molar refractivity (Wildman–Crippen MR) is 115 cm³/mol. The van der Waals surface area contributed by atoms with E-state index in [4.69, 9.17) is 4.74 Å². The summed E-state index contributed by atoms with van der Waals surface area (Å²) in [7, 11) is 1.66. The van der Waals surface area contributed by atoms with Crippen molar-refractivity contribution < 1.29 is 9.53 Å². The van der Waals surface area contributed by atoms with Gasteiger partial charge in [-0.3, -0.25) is 4.79 Å². The van der Waals surface area contributed by atoms with Crippen molar-refractivity contribution in [3.63, 3.8) is 0 Å². The van der Waals surface area contributed by atoms with Gasteiger partial charge in [0.2, 0.25) is 5.91 Å². The Morgan fingerprint density at radius 2 is 2.15 bits per heavy atom. The van der Waals surface area contributed by atoms with Gasteiger partial charge in [-0.2, -0.15) is 0 Å². The van der Waals surface area contributed by atoms with E-state index < -0.39 is 0 Å². The van der Waals surface area contributed by atoms with E-state index in [0.717, 1.165) is 35.2 Å². The number of methoxy groups -OCH3 is 1. The zero-order chi connectivity index (χ0) is 18.8. The molecule has 0 aliphatic carbocycles. The summed E-state index contributed by atoms with van der Waals surface area (Å²) in [5.74, 6) is 1.03. The number of hydrogen-bond acceptors (Lipinski definition) is 4. The Hall–Kier alpha value is -1.63. The van der Waals surface area contributed by atoms with Crippen LogP contribution in [0.1, 0.15) is 33.3 Å². The maximum atomic E-state index is 13.1. The summed E-state index contributed by atoms with van der Waals surface area (Å²) in [6.45, 7) is 0.793. The van der Waals surface area contributed by atoms with Gasteiger partial charge in [-0.25, -0.2) is 0 Å². The zero-order valence-electron chi connectivity index (χ0n) is 15.0. The summed E-state index contributed by atoms with van der Waals surface area (Å²) in [4.78, 5) is 17.8. The molecular weight excluding hydrogens is 442 g/mol. The second-order valence-electron chi connectivity index (χ2n) is 6.52. The number of hydrogen-bond donors (Lipinski definition) is 0. The number of amides is 1. The minimum atomic E-state index is 0.0649. The number of carbonyl (C=O) groups is 1. The summed E-state index contributed by atoms with van der Waals surface area (Å²) >= 11 is 7.06. The standard InChI is InChI=1S/C21H20BrNO2S2/c1-25-17-6-4-14(13-16(17)22)5-7-20(24)23-10-8-18-15(9-12-27-18)21(23)19-3-2-11-26-19/h2-4,6,9,11-13,21H,5,7-8,10H2,1H3. The molecule has 6 heteroatoms. The number of ether oxygens (including phenoxy) is 1. The molecule has 0 bridgehead atoms. The molecule has 0 saturated carbocycles.